The van der Waals surface area contributed by atoms with E-state index in [2.05, 4.69) is 10.1 Å². The number of likely N-dealkylation sites (N-methyl/N-ethyl adjacent to an activating group) is 1. The number of hydrogen-bond acceptors (Lipinski definition) is 3. The first-order chi connectivity index (χ1) is 13.3. The molecule has 148 valence electrons. The van der Waals surface area contributed by atoms with Gasteiger partial charge in [-0.25, -0.2) is 0 Å². The molecular weight excluding hydrogens is 366 g/mol. The normalized spacial score (nSPS) is 10.9. The number of para-hydroxylation sites is 2. The Morgan fingerprint density at radius 2 is 1.75 bits per heavy atom. The Kier molecular flexibility index (Phi) is 7.26. The number of amides is 2. The molecule has 2 rings (SSSR count). The summed E-state index contributed by atoms with van der Waals surface area (Å²) in [6.45, 7) is 0.672. The molecule has 0 unspecified atom stereocenters. The fraction of sp³-hybridized carbons (Fsp3) is 0.238. The fourth-order valence-electron chi connectivity index (χ4n) is 2.59. The maximum atomic E-state index is 12.4. The number of anilines is 1. The van der Waals surface area contributed by atoms with Gasteiger partial charge in [0.15, 0.2) is 0 Å². The van der Waals surface area contributed by atoms with E-state index < -0.39 is 12.5 Å². The number of ether oxygens (including phenoxy) is 1. The molecule has 0 spiro atoms. The minimum atomic E-state index is -2.96. The number of alkyl halides is 2. The van der Waals surface area contributed by atoms with Crippen molar-refractivity contribution in [2.75, 3.05) is 18.9 Å². The van der Waals surface area contributed by atoms with Gasteiger partial charge in [-0.15, -0.1) is 0 Å². The number of halogens is 2. The number of nitrogens with one attached hydrogen (secondary N) is 1. The van der Waals surface area contributed by atoms with Crippen LogP contribution < -0.4 is 10.1 Å². The van der Waals surface area contributed by atoms with E-state index in [1.54, 1.807) is 18.2 Å². The lowest BCUT2D eigenvalue weighted by Gasteiger charge is -2.17. The second-order valence-corrected chi connectivity index (χ2v) is 6.26. The van der Waals surface area contributed by atoms with Crippen LogP contribution >= 0.6 is 0 Å². The molecule has 5 nitrogen and oxygen atoms in total. The van der Waals surface area contributed by atoms with Gasteiger partial charge < -0.3 is 15.0 Å². The van der Waals surface area contributed by atoms with Gasteiger partial charge >= 0.3 is 6.61 Å². The Morgan fingerprint density at radius 3 is 2.39 bits per heavy atom. The molecule has 2 amide bonds. The first-order valence-corrected chi connectivity index (χ1v) is 8.61. The minimum absolute atomic E-state index is 0.0306. The van der Waals surface area contributed by atoms with Gasteiger partial charge in [0.2, 0.25) is 11.8 Å². The number of rotatable bonds is 7. The summed E-state index contributed by atoms with van der Waals surface area (Å²) in [5.74, 6) is -0.802. The zero-order valence-corrected chi connectivity index (χ0v) is 15.9. The van der Waals surface area contributed by atoms with Crippen LogP contribution in [0.4, 0.5) is 14.5 Å². The molecule has 0 aromatic heterocycles. The molecule has 2 aromatic carbocycles. The Balaban J connectivity index is 1.99. The van der Waals surface area contributed by atoms with E-state index in [9.17, 15) is 18.4 Å². The molecule has 0 bridgehead atoms. The average molecular weight is 388 g/mol. The fourth-order valence-corrected chi connectivity index (χ4v) is 2.59. The largest absolute Gasteiger partial charge is 0.434 e. The molecule has 0 fully saturated rings. The highest BCUT2D eigenvalue weighted by Gasteiger charge is 2.13. The highest BCUT2D eigenvalue weighted by Crippen LogP contribution is 2.22. The number of carbonyl (C=O) groups excluding carboxylic acids is 2. The summed E-state index contributed by atoms with van der Waals surface area (Å²) in [4.78, 5) is 25.7. The first kappa shape index (κ1) is 21.1. The summed E-state index contributed by atoms with van der Waals surface area (Å²) in [7, 11) is 1.48. The first-order valence-electron chi connectivity index (χ1n) is 8.61. The predicted octanol–water partition coefficient (Wildman–Crippen LogP) is 4.02. The summed E-state index contributed by atoms with van der Waals surface area (Å²) in [6, 6.07) is 11.8. The lowest BCUT2D eigenvalue weighted by atomic mass is 10.1. The smallest absolute Gasteiger partial charge is 0.387 e. The van der Waals surface area contributed by atoms with E-state index >= 15 is 0 Å². The number of nitrogens with zero attached hydrogens (tertiary/aromatic N) is 1. The van der Waals surface area contributed by atoms with Gasteiger partial charge in [0.1, 0.15) is 5.75 Å². The number of aryl methyl sites for hydroxylation is 2. The highest BCUT2D eigenvalue weighted by atomic mass is 19.3. The van der Waals surface area contributed by atoms with Crippen LogP contribution in [0.5, 0.6) is 5.75 Å². The minimum Gasteiger partial charge on any atom is -0.434 e. The maximum Gasteiger partial charge on any atom is 0.387 e. The molecule has 2 aromatic rings. The van der Waals surface area contributed by atoms with Crippen LogP contribution in [0.2, 0.25) is 0 Å². The summed E-state index contributed by atoms with van der Waals surface area (Å²) in [5, 5.41) is 2.81. The van der Waals surface area contributed by atoms with Crippen molar-refractivity contribution in [3.05, 3.63) is 65.2 Å². The third-order valence-electron chi connectivity index (χ3n) is 4.04. The van der Waals surface area contributed by atoms with Gasteiger partial charge in [-0.3, -0.25) is 9.59 Å². The van der Waals surface area contributed by atoms with Crippen LogP contribution in [0.3, 0.4) is 0 Å². The van der Waals surface area contributed by atoms with Crippen LogP contribution in [-0.2, 0) is 9.59 Å². The lowest BCUT2D eigenvalue weighted by molar-refractivity contribution is -0.129. The molecular formula is C21H22F2N2O3. The van der Waals surface area contributed by atoms with Gasteiger partial charge in [0.25, 0.3) is 0 Å². The molecule has 0 radical (unpaired) electrons. The van der Waals surface area contributed by atoms with E-state index in [1.807, 2.05) is 32.0 Å². The molecule has 0 aliphatic rings. The topological polar surface area (TPSA) is 58.6 Å². The Hall–Kier alpha value is -3.22. The molecule has 1 N–H and O–H groups in total. The average Bonchev–Trinajstić information content (AvgIpc) is 2.63. The third kappa shape index (κ3) is 5.90. The monoisotopic (exact) mass is 388 g/mol. The third-order valence-corrected chi connectivity index (χ3v) is 4.04. The summed E-state index contributed by atoms with van der Waals surface area (Å²) < 4.78 is 29.3. The van der Waals surface area contributed by atoms with Crippen LogP contribution in [-0.4, -0.2) is 36.9 Å². The number of hydrogen-bond donors (Lipinski definition) is 1. The van der Waals surface area contributed by atoms with Crippen molar-refractivity contribution < 1.29 is 23.1 Å². The predicted molar refractivity (Wildman–Crippen MR) is 104 cm³/mol. The van der Waals surface area contributed by atoms with E-state index in [0.717, 1.165) is 16.8 Å². The second-order valence-electron chi connectivity index (χ2n) is 6.26. The van der Waals surface area contributed by atoms with Gasteiger partial charge in [-0.05, 0) is 37.1 Å². The molecule has 0 saturated carbocycles. The van der Waals surface area contributed by atoms with Gasteiger partial charge in [-0.1, -0.05) is 36.4 Å². The van der Waals surface area contributed by atoms with Crippen LogP contribution in [0, 0.1) is 13.8 Å². The molecule has 0 saturated heterocycles. The summed E-state index contributed by atoms with van der Waals surface area (Å²) in [5.41, 5.74) is 2.92. The van der Waals surface area contributed by atoms with Crippen molar-refractivity contribution in [1.29, 1.82) is 0 Å². The Bertz CT molecular complexity index is 861. The molecule has 7 heteroatoms. The highest BCUT2D eigenvalue weighted by molar-refractivity contribution is 5.98. The molecule has 0 heterocycles. The van der Waals surface area contributed by atoms with Gasteiger partial charge in [0, 0.05) is 24.4 Å². The SMILES string of the molecule is Cc1cccc(C)c1NC(=O)CN(C)C(=O)/C=C/c1ccccc1OC(F)F. The standard InChI is InChI=1S/C21H22F2N2O3/c1-14-7-6-8-15(2)20(14)24-18(26)13-25(3)19(27)12-11-16-9-4-5-10-17(16)28-21(22)23/h4-12,21H,13H2,1-3H3,(H,24,26)/b12-11+. The molecule has 0 atom stereocenters. The van der Waals surface area contributed by atoms with Crippen LogP contribution in [0.1, 0.15) is 16.7 Å². The zero-order chi connectivity index (χ0) is 20.7. The Morgan fingerprint density at radius 1 is 1.11 bits per heavy atom. The zero-order valence-electron chi connectivity index (χ0n) is 15.9. The van der Waals surface area contributed by atoms with Gasteiger partial charge in [0.05, 0.1) is 6.54 Å². The number of carbonyl (C=O) groups is 2. The molecule has 0 aliphatic carbocycles. The van der Waals surface area contributed by atoms with Crippen molar-refractivity contribution in [3.8, 4) is 5.75 Å². The van der Waals surface area contributed by atoms with E-state index in [4.69, 9.17) is 0 Å². The Labute approximate surface area is 162 Å². The number of benzene rings is 2. The van der Waals surface area contributed by atoms with E-state index in [1.165, 1.54) is 30.2 Å². The summed E-state index contributed by atoms with van der Waals surface area (Å²) in [6.07, 6.45) is 2.58. The summed E-state index contributed by atoms with van der Waals surface area (Å²) >= 11 is 0. The molecule has 28 heavy (non-hydrogen) atoms. The van der Waals surface area contributed by atoms with Crippen molar-refractivity contribution in [3.63, 3.8) is 0 Å². The van der Waals surface area contributed by atoms with Crippen molar-refractivity contribution >= 4 is 23.6 Å². The maximum absolute atomic E-state index is 12.4. The quantitative estimate of drug-likeness (QED) is 0.729. The van der Waals surface area contributed by atoms with Crippen molar-refractivity contribution in [2.45, 2.75) is 20.5 Å². The van der Waals surface area contributed by atoms with E-state index in [-0.39, 0.29) is 18.2 Å². The molecule has 0 aliphatic heterocycles. The van der Waals surface area contributed by atoms with Crippen molar-refractivity contribution in [1.82, 2.24) is 4.90 Å². The van der Waals surface area contributed by atoms with Crippen LogP contribution in [0.15, 0.2) is 48.5 Å². The van der Waals surface area contributed by atoms with Crippen LogP contribution in [0.25, 0.3) is 6.08 Å². The second kappa shape index (κ2) is 9.64. The lowest BCUT2D eigenvalue weighted by Crippen LogP contribution is -2.34. The van der Waals surface area contributed by atoms with Gasteiger partial charge in [-0.2, -0.15) is 8.78 Å². The van der Waals surface area contributed by atoms with Crippen molar-refractivity contribution in [2.24, 2.45) is 0 Å². The van der Waals surface area contributed by atoms with E-state index in [0.29, 0.717) is 5.56 Å².